The molecule has 0 spiro atoms. The fourth-order valence-corrected chi connectivity index (χ4v) is 0.894. The van der Waals surface area contributed by atoms with Crippen LogP contribution in [-0.2, 0) is 4.79 Å². The first-order chi connectivity index (χ1) is 5.45. The van der Waals surface area contributed by atoms with Crippen molar-refractivity contribution in [3.05, 3.63) is 12.2 Å². The largest absolute Gasteiger partial charge is 0.300 e. The lowest BCUT2D eigenvalue weighted by molar-refractivity contribution is -0.120. The van der Waals surface area contributed by atoms with Gasteiger partial charge in [0.1, 0.15) is 5.78 Å². The molecule has 0 heterocycles. The number of carbonyl (C=O) groups is 1. The fourth-order valence-electron chi connectivity index (χ4n) is 0.894. The highest BCUT2D eigenvalue weighted by atomic mass is 16.1. The highest BCUT2D eigenvalue weighted by Gasteiger charge is 2.08. The molecule has 0 radical (unpaired) electrons. The molecule has 70 valence electrons. The van der Waals surface area contributed by atoms with E-state index in [-0.39, 0.29) is 11.7 Å². The highest BCUT2D eigenvalue weighted by molar-refractivity contribution is 5.77. The standard InChI is InChI=1S/C11H20O/c1-8(2)9(3)6-7-10(4)11(5)12/h8,10H,3,6-7H2,1-2,4-5H3. The van der Waals surface area contributed by atoms with E-state index in [2.05, 4.69) is 20.4 Å². The molecule has 1 atom stereocenters. The van der Waals surface area contributed by atoms with Crippen LogP contribution >= 0.6 is 0 Å². The number of Topliss-reactive ketones (excluding diaryl/α,β-unsaturated/α-hetero) is 1. The van der Waals surface area contributed by atoms with Gasteiger partial charge in [0.25, 0.3) is 0 Å². The molecule has 0 fully saturated rings. The van der Waals surface area contributed by atoms with Gasteiger partial charge in [-0.05, 0) is 25.7 Å². The molecule has 1 heteroatoms. The van der Waals surface area contributed by atoms with Crippen molar-refractivity contribution in [1.82, 2.24) is 0 Å². The minimum absolute atomic E-state index is 0.195. The van der Waals surface area contributed by atoms with Gasteiger partial charge in [0.05, 0.1) is 0 Å². The molecule has 0 aliphatic heterocycles. The quantitative estimate of drug-likeness (QED) is 0.576. The first-order valence-corrected chi connectivity index (χ1v) is 4.63. The number of rotatable bonds is 5. The first kappa shape index (κ1) is 11.4. The molecule has 0 rings (SSSR count). The van der Waals surface area contributed by atoms with E-state index in [1.807, 2.05) is 6.92 Å². The van der Waals surface area contributed by atoms with Gasteiger partial charge in [-0.1, -0.05) is 32.9 Å². The lowest BCUT2D eigenvalue weighted by Gasteiger charge is -2.11. The van der Waals surface area contributed by atoms with Crippen LogP contribution in [0.3, 0.4) is 0 Å². The van der Waals surface area contributed by atoms with Gasteiger partial charge in [-0.2, -0.15) is 0 Å². The first-order valence-electron chi connectivity index (χ1n) is 4.63. The molecule has 0 bridgehead atoms. The zero-order chi connectivity index (χ0) is 9.72. The molecule has 0 aliphatic rings. The molecule has 0 aromatic rings. The maximum Gasteiger partial charge on any atom is 0.132 e. The fraction of sp³-hybridized carbons (Fsp3) is 0.727. The molecule has 0 aromatic carbocycles. The van der Waals surface area contributed by atoms with Gasteiger partial charge in [-0.3, -0.25) is 4.79 Å². The van der Waals surface area contributed by atoms with E-state index in [0.29, 0.717) is 5.92 Å². The summed E-state index contributed by atoms with van der Waals surface area (Å²) in [6, 6.07) is 0. The van der Waals surface area contributed by atoms with Gasteiger partial charge in [-0.15, -0.1) is 0 Å². The lowest BCUT2D eigenvalue weighted by atomic mass is 9.94. The Kier molecular flexibility index (Phi) is 4.87. The van der Waals surface area contributed by atoms with Crippen LogP contribution in [0.15, 0.2) is 12.2 Å². The molecule has 0 amide bonds. The van der Waals surface area contributed by atoms with Gasteiger partial charge >= 0.3 is 0 Å². The zero-order valence-electron chi connectivity index (χ0n) is 8.68. The van der Waals surface area contributed by atoms with Crippen LogP contribution in [0.2, 0.25) is 0 Å². The SMILES string of the molecule is C=C(CCC(C)C(C)=O)C(C)C. The van der Waals surface area contributed by atoms with Crippen molar-refractivity contribution in [2.45, 2.75) is 40.5 Å². The Balaban J connectivity index is 3.69. The van der Waals surface area contributed by atoms with E-state index >= 15 is 0 Å². The molecule has 0 saturated heterocycles. The summed E-state index contributed by atoms with van der Waals surface area (Å²) in [5, 5.41) is 0. The predicted octanol–water partition coefficient (Wildman–Crippen LogP) is 3.20. The molecule has 0 aromatic heterocycles. The summed E-state index contributed by atoms with van der Waals surface area (Å²) in [5.74, 6) is 1.02. The third-order valence-corrected chi connectivity index (χ3v) is 2.41. The van der Waals surface area contributed by atoms with Crippen molar-refractivity contribution in [3.8, 4) is 0 Å². The normalized spacial score (nSPS) is 13.1. The Hall–Kier alpha value is -0.590. The smallest absolute Gasteiger partial charge is 0.132 e. The van der Waals surface area contributed by atoms with Crippen LogP contribution in [0.1, 0.15) is 40.5 Å². The van der Waals surface area contributed by atoms with Gasteiger partial charge in [0, 0.05) is 5.92 Å². The van der Waals surface area contributed by atoms with Crippen molar-refractivity contribution in [3.63, 3.8) is 0 Å². The molecular weight excluding hydrogens is 148 g/mol. The number of allylic oxidation sites excluding steroid dienone is 1. The van der Waals surface area contributed by atoms with Crippen molar-refractivity contribution in [2.24, 2.45) is 11.8 Å². The predicted molar refractivity (Wildman–Crippen MR) is 53.1 cm³/mol. The second-order valence-corrected chi connectivity index (χ2v) is 3.86. The summed E-state index contributed by atoms with van der Waals surface area (Å²) < 4.78 is 0. The van der Waals surface area contributed by atoms with E-state index in [0.717, 1.165) is 12.8 Å². The maximum atomic E-state index is 10.9. The van der Waals surface area contributed by atoms with Crippen molar-refractivity contribution < 1.29 is 4.79 Å². The van der Waals surface area contributed by atoms with Crippen LogP contribution in [0.25, 0.3) is 0 Å². The average molecular weight is 168 g/mol. The number of ketones is 1. The second-order valence-electron chi connectivity index (χ2n) is 3.86. The van der Waals surface area contributed by atoms with Crippen LogP contribution in [0, 0.1) is 11.8 Å². The van der Waals surface area contributed by atoms with Crippen LogP contribution in [0.5, 0.6) is 0 Å². The van der Waals surface area contributed by atoms with E-state index in [1.54, 1.807) is 6.92 Å². The van der Waals surface area contributed by atoms with Gasteiger partial charge in [0.2, 0.25) is 0 Å². The number of hydrogen-bond donors (Lipinski definition) is 0. The Morgan fingerprint density at radius 3 is 2.17 bits per heavy atom. The summed E-state index contributed by atoms with van der Waals surface area (Å²) >= 11 is 0. The highest BCUT2D eigenvalue weighted by Crippen LogP contribution is 2.17. The van der Waals surface area contributed by atoms with Gasteiger partial charge < -0.3 is 0 Å². The van der Waals surface area contributed by atoms with Crippen molar-refractivity contribution in [1.29, 1.82) is 0 Å². The molecule has 12 heavy (non-hydrogen) atoms. The van der Waals surface area contributed by atoms with Gasteiger partial charge in [0.15, 0.2) is 0 Å². The minimum atomic E-state index is 0.195. The third-order valence-electron chi connectivity index (χ3n) is 2.41. The zero-order valence-corrected chi connectivity index (χ0v) is 8.68. The monoisotopic (exact) mass is 168 g/mol. The average Bonchev–Trinajstić information content (AvgIpc) is 1.98. The Morgan fingerprint density at radius 1 is 1.33 bits per heavy atom. The van der Waals surface area contributed by atoms with Crippen LogP contribution in [0.4, 0.5) is 0 Å². The van der Waals surface area contributed by atoms with Crippen LogP contribution < -0.4 is 0 Å². The summed E-state index contributed by atoms with van der Waals surface area (Å²) in [5.41, 5.74) is 1.25. The molecule has 1 unspecified atom stereocenters. The molecule has 0 N–H and O–H groups in total. The summed E-state index contributed by atoms with van der Waals surface area (Å²) in [7, 11) is 0. The maximum absolute atomic E-state index is 10.9. The Bertz CT molecular complexity index is 168. The summed E-state index contributed by atoms with van der Waals surface area (Å²) in [6.07, 6.45) is 1.94. The molecule has 0 saturated carbocycles. The number of carbonyl (C=O) groups excluding carboxylic acids is 1. The van der Waals surface area contributed by atoms with Crippen molar-refractivity contribution in [2.75, 3.05) is 0 Å². The Labute approximate surface area is 75.9 Å². The second kappa shape index (κ2) is 5.13. The van der Waals surface area contributed by atoms with Crippen molar-refractivity contribution >= 4 is 5.78 Å². The van der Waals surface area contributed by atoms with E-state index in [4.69, 9.17) is 0 Å². The van der Waals surface area contributed by atoms with Crippen LogP contribution in [-0.4, -0.2) is 5.78 Å². The minimum Gasteiger partial charge on any atom is -0.300 e. The topological polar surface area (TPSA) is 17.1 Å². The van der Waals surface area contributed by atoms with E-state index < -0.39 is 0 Å². The lowest BCUT2D eigenvalue weighted by Crippen LogP contribution is -2.07. The molecule has 0 aliphatic carbocycles. The van der Waals surface area contributed by atoms with E-state index in [9.17, 15) is 4.79 Å². The summed E-state index contributed by atoms with van der Waals surface area (Å²) in [6.45, 7) is 11.9. The van der Waals surface area contributed by atoms with E-state index in [1.165, 1.54) is 5.57 Å². The molecule has 1 nitrogen and oxygen atoms in total. The third kappa shape index (κ3) is 4.32. The number of hydrogen-bond acceptors (Lipinski definition) is 1. The molecular formula is C11H20O. The Morgan fingerprint density at radius 2 is 1.83 bits per heavy atom. The summed E-state index contributed by atoms with van der Waals surface area (Å²) in [4.78, 5) is 10.9. The van der Waals surface area contributed by atoms with Gasteiger partial charge in [-0.25, -0.2) is 0 Å².